The van der Waals surface area contributed by atoms with Crippen molar-refractivity contribution in [2.24, 2.45) is 17.3 Å². The van der Waals surface area contributed by atoms with Crippen molar-refractivity contribution in [3.8, 4) is 0 Å². The van der Waals surface area contributed by atoms with Crippen molar-refractivity contribution < 1.29 is 4.57 Å². The molecule has 2 heteroatoms. The quantitative estimate of drug-likeness (QED) is 0.397. The normalized spacial score (nSPS) is 70.7. The van der Waals surface area contributed by atoms with Gasteiger partial charge in [-0.25, -0.2) is 0 Å². The third-order valence-electron chi connectivity index (χ3n) is 4.23. The van der Waals surface area contributed by atoms with E-state index in [0.29, 0.717) is 16.7 Å². The minimum absolute atomic E-state index is 0.618. The van der Waals surface area contributed by atoms with Gasteiger partial charge in [-0.2, -0.15) is 0 Å². The first-order valence-electron chi connectivity index (χ1n) is 4.48. The van der Waals surface area contributed by atoms with Crippen molar-refractivity contribution in [3.05, 3.63) is 12.2 Å². The summed E-state index contributed by atoms with van der Waals surface area (Å²) in [5.41, 5.74) is 2.00. The van der Waals surface area contributed by atoms with Crippen LogP contribution in [-0.2, 0) is 4.57 Å². The summed E-state index contributed by atoms with van der Waals surface area (Å²) in [6, 6.07) is 0. The molecule has 1 aliphatic heterocycles. The van der Waals surface area contributed by atoms with Gasteiger partial charge in [0.25, 0.3) is 0 Å². The predicted octanol–water partition coefficient (Wildman–Crippen LogP) is 2.16. The highest BCUT2D eigenvalue weighted by molar-refractivity contribution is 7.58. The van der Waals surface area contributed by atoms with Gasteiger partial charge < -0.3 is 0 Å². The zero-order chi connectivity index (χ0) is 7.22. The molecule has 4 atom stereocenters. The van der Waals surface area contributed by atoms with Crippen molar-refractivity contribution in [1.82, 2.24) is 0 Å². The summed E-state index contributed by atoms with van der Waals surface area (Å²) in [5.74, 6) is 1.71. The molecule has 4 rings (SSSR count). The van der Waals surface area contributed by atoms with E-state index in [9.17, 15) is 4.57 Å². The molecular weight excluding hydrogens is 155 g/mol. The van der Waals surface area contributed by atoms with Gasteiger partial charge in [0.05, 0.1) is 5.41 Å². The second kappa shape index (κ2) is 1.25. The first-order valence-corrected chi connectivity index (χ1v) is 5.87. The number of allylic oxidation sites excluding steroid dienone is 2. The average Bonchev–Trinajstić information content (AvgIpc) is 2.74. The van der Waals surface area contributed by atoms with Crippen LogP contribution in [0.1, 0.15) is 12.8 Å². The van der Waals surface area contributed by atoms with Crippen LogP contribution >= 0.6 is 7.80 Å². The van der Waals surface area contributed by atoms with E-state index in [1.54, 1.807) is 0 Å². The molecular formula is C9H10OP+. The Hall–Kier alpha value is -0.160. The highest BCUT2D eigenvalue weighted by Crippen LogP contribution is 2.92. The molecule has 3 aliphatic carbocycles. The van der Waals surface area contributed by atoms with Gasteiger partial charge in [-0.05, 0) is 24.7 Å². The molecule has 4 aliphatic rings. The van der Waals surface area contributed by atoms with Crippen LogP contribution in [0, 0.1) is 17.3 Å². The molecule has 2 unspecified atom stereocenters. The Kier molecular flexibility index (Phi) is 0.621. The SMILES string of the molecule is O=[P+]1C2C1C21C[C@@H]2C=C[C@H]1C2. The molecule has 1 heterocycles. The van der Waals surface area contributed by atoms with Crippen LogP contribution in [0.4, 0.5) is 0 Å². The van der Waals surface area contributed by atoms with Crippen LogP contribution in [0.2, 0.25) is 0 Å². The van der Waals surface area contributed by atoms with Crippen LogP contribution < -0.4 is 0 Å². The van der Waals surface area contributed by atoms with Crippen LogP contribution in [0.3, 0.4) is 0 Å². The number of fused-ring (bicyclic) bond motifs is 6. The molecule has 1 spiro atoms. The molecule has 56 valence electrons. The lowest BCUT2D eigenvalue weighted by Crippen LogP contribution is -2.17. The van der Waals surface area contributed by atoms with Crippen LogP contribution in [0.25, 0.3) is 0 Å². The van der Waals surface area contributed by atoms with E-state index < -0.39 is 7.80 Å². The van der Waals surface area contributed by atoms with Crippen molar-refractivity contribution >= 4 is 7.80 Å². The molecule has 2 saturated carbocycles. The van der Waals surface area contributed by atoms with E-state index in [1.165, 1.54) is 12.8 Å². The number of hydrogen-bond acceptors (Lipinski definition) is 1. The van der Waals surface area contributed by atoms with Gasteiger partial charge in [-0.15, -0.1) is 0 Å². The summed E-state index contributed by atoms with van der Waals surface area (Å²) in [6.45, 7) is 0. The fraction of sp³-hybridized carbons (Fsp3) is 0.778. The van der Waals surface area contributed by atoms with Crippen molar-refractivity contribution in [2.75, 3.05) is 0 Å². The van der Waals surface area contributed by atoms with Crippen LogP contribution in [0.15, 0.2) is 12.2 Å². The highest BCUT2D eigenvalue weighted by Gasteiger charge is 3.01. The first kappa shape index (κ1) is 5.48. The lowest BCUT2D eigenvalue weighted by molar-refractivity contribution is 0.407. The molecule has 2 bridgehead atoms. The van der Waals surface area contributed by atoms with E-state index in [1.807, 2.05) is 0 Å². The van der Waals surface area contributed by atoms with Crippen molar-refractivity contribution in [1.29, 1.82) is 0 Å². The summed E-state index contributed by atoms with van der Waals surface area (Å²) < 4.78 is 11.1. The highest BCUT2D eigenvalue weighted by atomic mass is 31.1. The van der Waals surface area contributed by atoms with Crippen LogP contribution in [0.5, 0.6) is 0 Å². The van der Waals surface area contributed by atoms with E-state index in [-0.39, 0.29) is 0 Å². The number of rotatable bonds is 0. The smallest absolute Gasteiger partial charge is 0.0851 e. The molecule has 0 radical (unpaired) electrons. The van der Waals surface area contributed by atoms with E-state index in [0.717, 1.165) is 11.8 Å². The first-order chi connectivity index (χ1) is 5.34. The maximum absolute atomic E-state index is 11.1. The summed E-state index contributed by atoms with van der Waals surface area (Å²) >= 11 is 0. The minimum Gasteiger partial charge on any atom is -0.0851 e. The topological polar surface area (TPSA) is 17.1 Å². The molecule has 0 aromatic rings. The molecule has 0 N–H and O–H groups in total. The lowest BCUT2D eigenvalue weighted by Gasteiger charge is -2.16. The summed E-state index contributed by atoms with van der Waals surface area (Å²) in [4.78, 5) is 0. The Bertz CT molecular complexity index is 295. The second-order valence-corrected chi connectivity index (χ2v) is 6.39. The van der Waals surface area contributed by atoms with Gasteiger partial charge in [-0.1, -0.05) is 16.7 Å². The average molecular weight is 165 g/mol. The molecule has 0 aromatic carbocycles. The monoisotopic (exact) mass is 165 g/mol. The lowest BCUT2D eigenvalue weighted by atomic mass is 9.90. The summed E-state index contributed by atoms with van der Waals surface area (Å²) in [5, 5.41) is 0. The number of hydrogen-bond donors (Lipinski definition) is 0. The van der Waals surface area contributed by atoms with Gasteiger partial charge in [0.1, 0.15) is 0 Å². The van der Waals surface area contributed by atoms with Gasteiger partial charge in [0.2, 0.25) is 11.3 Å². The van der Waals surface area contributed by atoms with Gasteiger partial charge in [-0.3, -0.25) is 0 Å². The maximum atomic E-state index is 11.1. The fourth-order valence-electron chi connectivity index (χ4n) is 3.63. The molecule has 0 aromatic heterocycles. The van der Waals surface area contributed by atoms with Crippen LogP contribution in [-0.4, -0.2) is 11.3 Å². The van der Waals surface area contributed by atoms with E-state index >= 15 is 0 Å². The standard InChI is InChI=1S/C9H10OP/c10-11-7-8(11)9(7)4-5-1-2-6(9)3-5/h1-2,5-8H,3-4H2/q+1/t5-,6+,7?,8?,9?/m1/s1. The second-order valence-electron chi connectivity index (χ2n) is 4.55. The Balaban J connectivity index is 1.80. The third-order valence-corrected chi connectivity index (χ3v) is 6.54. The Morgan fingerprint density at radius 1 is 1.36 bits per heavy atom. The zero-order valence-electron chi connectivity index (χ0n) is 6.23. The van der Waals surface area contributed by atoms with E-state index in [2.05, 4.69) is 12.2 Å². The van der Waals surface area contributed by atoms with E-state index in [4.69, 9.17) is 0 Å². The summed E-state index contributed by atoms with van der Waals surface area (Å²) in [7, 11) is -0.690. The molecule has 0 amide bonds. The van der Waals surface area contributed by atoms with Gasteiger partial charge in [0.15, 0.2) is 0 Å². The molecule has 1 saturated heterocycles. The minimum atomic E-state index is -0.690. The molecule has 1 nitrogen and oxygen atoms in total. The van der Waals surface area contributed by atoms with Gasteiger partial charge in [0, 0.05) is 0 Å². The largest absolute Gasteiger partial charge is 0.356 e. The summed E-state index contributed by atoms with van der Waals surface area (Å²) in [6.07, 6.45) is 7.53. The predicted molar refractivity (Wildman–Crippen MR) is 43.0 cm³/mol. The van der Waals surface area contributed by atoms with Crippen molar-refractivity contribution in [3.63, 3.8) is 0 Å². The van der Waals surface area contributed by atoms with Gasteiger partial charge >= 0.3 is 7.80 Å². The Morgan fingerprint density at radius 2 is 2.18 bits per heavy atom. The Morgan fingerprint density at radius 3 is 2.64 bits per heavy atom. The fourth-order valence-corrected chi connectivity index (χ4v) is 6.22. The third kappa shape index (κ3) is 0.381. The maximum Gasteiger partial charge on any atom is 0.356 e. The zero-order valence-corrected chi connectivity index (χ0v) is 7.13. The molecule has 3 fully saturated rings. The molecule has 11 heavy (non-hydrogen) atoms. The Labute approximate surface area is 66.7 Å². The van der Waals surface area contributed by atoms with Crippen molar-refractivity contribution in [2.45, 2.75) is 24.2 Å².